The molecule has 0 saturated heterocycles. The van der Waals surface area contributed by atoms with E-state index in [0.717, 1.165) is 10.2 Å². The summed E-state index contributed by atoms with van der Waals surface area (Å²) in [5.74, 6) is -0.857. The van der Waals surface area contributed by atoms with E-state index < -0.39 is 45.1 Å². The first-order valence-corrected chi connectivity index (χ1v) is 14.3. The van der Waals surface area contributed by atoms with E-state index in [4.69, 9.17) is 14.3 Å². The average Bonchev–Trinajstić information content (AvgIpc) is 3.22. The Morgan fingerprint density at radius 2 is 1.65 bits per heavy atom. The molecule has 0 fully saturated rings. The Morgan fingerprint density at radius 1 is 1.00 bits per heavy atom. The summed E-state index contributed by atoms with van der Waals surface area (Å²) in [6.07, 6.45) is -0.663. The third kappa shape index (κ3) is 8.71. The van der Waals surface area contributed by atoms with E-state index in [1.807, 2.05) is 11.4 Å². The number of ether oxygens (including phenoxy) is 2. The number of thiophene rings is 1. The van der Waals surface area contributed by atoms with E-state index >= 15 is 0 Å². The highest BCUT2D eigenvalue weighted by Gasteiger charge is 2.37. The molecule has 0 aliphatic rings. The van der Waals surface area contributed by atoms with Crippen LogP contribution in [0.25, 0.3) is 10.2 Å². The van der Waals surface area contributed by atoms with Gasteiger partial charge in [-0.3, -0.25) is 4.84 Å². The minimum Gasteiger partial charge on any atom is -0.442 e. The van der Waals surface area contributed by atoms with Crippen molar-refractivity contribution in [2.24, 2.45) is 0 Å². The number of pyridine rings is 1. The summed E-state index contributed by atoms with van der Waals surface area (Å²) in [5.41, 5.74) is -0.895. The number of sulfone groups is 1. The molecule has 3 rings (SSSR count). The SMILES string of the molecule is CC(C)(C)OC(=O)ON(C(=O)OC(C)(C)C)C(CS(=O)(=O)Cc1cnc2sccc2c1)c1ccccc1. The molecule has 2 heterocycles. The molecule has 3 aromatic rings. The quantitative estimate of drug-likeness (QED) is 0.270. The van der Waals surface area contributed by atoms with Gasteiger partial charge in [0.2, 0.25) is 0 Å². The van der Waals surface area contributed by atoms with Gasteiger partial charge in [0.1, 0.15) is 22.1 Å². The van der Waals surface area contributed by atoms with E-state index in [1.54, 1.807) is 77.9 Å². The summed E-state index contributed by atoms with van der Waals surface area (Å²) < 4.78 is 37.5. The van der Waals surface area contributed by atoms with Crippen LogP contribution in [0.1, 0.15) is 58.7 Å². The van der Waals surface area contributed by atoms with Crippen LogP contribution in [0.5, 0.6) is 0 Å². The van der Waals surface area contributed by atoms with E-state index in [-0.39, 0.29) is 5.75 Å². The molecule has 11 heteroatoms. The molecule has 0 aliphatic carbocycles. The third-order valence-corrected chi connectivity index (χ3v) is 7.20. The van der Waals surface area contributed by atoms with Gasteiger partial charge in [-0.05, 0) is 70.2 Å². The summed E-state index contributed by atoms with van der Waals surface area (Å²) in [6.45, 7) is 9.88. The van der Waals surface area contributed by atoms with Crippen LogP contribution in [-0.2, 0) is 29.9 Å². The summed E-state index contributed by atoms with van der Waals surface area (Å²) in [7, 11) is -3.85. The van der Waals surface area contributed by atoms with Crippen LogP contribution in [0.3, 0.4) is 0 Å². The van der Waals surface area contributed by atoms with Gasteiger partial charge in [0.15, 0.2) is 9.84 Å². The fraction of sp³-hybridized carbons (Fsp3) is 0.423. The molecular weight excluding hydrogens is 516 g/mol. The minimum atomic E-state index is -3.85. The van der Waals surface area contributed by atoms with Crippen LogP contribution in [0.4, 0.5) is 9.59 Å². The van der Waals surface area contributed by atoms with Gasteiger partial charge >= 0.3 is 12.2 Å². The number of nitrogens with zero attached hydrogens (tertiary/aromatic N) is 2. The Morgan fingerprint density at radius 3 is 2.27 bits per heavy atom. The number of benzene rings is 1. The number of amides is 1. The number of rotatable bonds is 6. The van der Waals surface area contributed by atoms with Gasteiger partial charge in [-0.1, -0.05) is 30.3 Å². The Kier molecular flexibility index (Phi) is 8.49. The van der Waals surface area contributed by atoms with Gasteiger partial charge < -0.3 is 9.47 Å². The van der Waals surface area contributed by atoms with Gasteiger partial charge in [-0.2, -0.15) is 0 Å². The van der Waals surface area contributed by atoms with Crippen molar-refractivity contribution in [1.82, 2.24) is 10.0 Å². The maximum Gasteiger partial charge on any atom is 0.534 e. The number of hydroxylamine groups is 2. The number of aromatic nitrogens is 1. The average molecular weight is 549 g/mol. The van der Waals surface area contributed by atoms with Crippen LogP contribution >= 0.6 is 11.3 Å². The zero-order valence-corrected chi connectivity index (χ0v) is 23.4. The van der Waals surface area contributed by atoms with Crippen molar-refractivity contribution in [2.45, 2.75) is 64.5 Å². The van der Waals surface area contributed by atoms with E-state index in [1.165, 1.54) is 17.5 Å². The molecule has 0 spiro atoms. The normalized spacial score (nSPS) is 13.1. The largest absolute Gasteiger partial charge is 0.534 e. The molecule has 1 atom stereocenters. The molecule has 0 saturated carbocycles. The Balaban J connectivity index is 1.96. The van der Waals surface area contributed by atoms with Crippen molar-refractivity contribution >= 4 is 43.6 Å². The van der Waals surface area contributed by atoms with Gasteiger partial charge in [0.05, 0.1) is 11.5 Å². The van der Waals surface area contributed by atoms with Gasteiger partial charge in [0.25, 0.3) is 0 Å². The van der Waals surface area contributed by atoms with Crippen molar-refractivity contribution in [3.8, 4) is 0 Å². The zero-order chi connectivity index (χ0) is 27.4. The number of fused-ring (bicyclic) bond motifs is 1. The molecule has 0 N–H and O–H groups in total. The second-order valence-corrected chi connectivity index (χ2v) is 13.5. The summed E-state index contributed by atoms with van der Waals surface area (Å²) >= 11 is 1.46. The molecule has 200 valence electrons. The molecule has 37 heavy (non-hydrogen) atoms. The third-order valence-electron chi connectivity index (χ3n) is 4.76. The summed E-state index contributed by atoms with van der Waals surface area (Å²) in [4.78, 5) is 36.2. The molecule has 2 aromatic heterocycles. The molecule has 0 radical (unpaired) electrons. The van der Waals surface area contributed by atoms with E-state index in [0.29, 0.717) is 16.2 Å². The lowest BCUT2D eigenvalue weighted by Crippen LogP contribution is -2.44. The van der Waals surface area contributed by atoms with Crippen LogP contribution < -0.4 is 0 Å². The zero-order valence-electron chi connectivity index (χ0n) is 21.8. The Hall–Kier alpha value is -3.18. The highest BCUT2D eigenvalue weighted by molar-refractivity contribution is 7.90. The molecule has 1 amide bonds. The lowest BCUT2D eigenvalue weighted by molar-refractivity contribution is -0.153. The molecule has 0 aliphatic heterocycles. The highest BCUT2D eigenvalue weighted by Crippen LogP contribution is 2.28. The predicted molar refractivity (Wildman–Crippen MR) is 142 cm³/mol. The maximum atomic E-state index is 13.4. The second kappa shape index (κ2) is 11.1. The lowest BCUT2D eigenvalue weighted by atomic mass is 10.1. The first-order chi connectivity index (χ1) is 17.1. The van der Waals surface area contributed by atoms with Crippen molar-refractivity contribution in [1.29, 1.82) is 0 Å². The smallest absolute Gasteiger partial charge is 0.442 e. The molecule has 1 unspecified atom stereocenters. The van der Waals surface area contributed by atoms with Gasteiger partial charge in [-0.25, -0.2) is 23.0 Å². The summed E-state index contributed by atoms with van der Waals surface area (Å²) in [5, 5.41) is 3.38. The number of hydrogen-bond acceptors (Lipinski definition) is 9. The van der Waals surface area contributed by atoms with E-state index in [2.05, 4.69) is 4.98 Å². The fourth-order valence-electron chi connectivity index (χ4n) is 3.40. The number of carbonyl (C=O) groups is 2. The highest BCUT2D eigenvalue weighted by atomic mass is 32.2. The standard InChI is InChI=1S/C26H32N2O7S2/c1-25(2,3)33-23(29)28(35-24(30)34-26(4,5)6)21(19-10-8-7-9-11-19)17-37(31,32)16-18-14-20-12-13-36-22(20)27-15-18/h7-15,21H,16-17H2,1-6H3. The van der Waals surface area contributed by atoms with Crippen molar-refractivity contribution in [2.75, 3.05) is 5.75 Å². The Bertz CT molecular complexity index is 1340. The Labute approximate surface area is 221 Å². The van der Waals surface area contributed by atoms with Gasteiger partial charge in [0, 0.05) is 11.6 Å². The monoisotopic (exact) mass is 548 g/mol. The fourth-order valence-corrected chi connectivity index (χ4v) is 5.71. The van der Waals surface area contributed by atoms with Crippen molar-refractivity contribution in [3.05, 3.63) is 65.2 Å². The number of carbonyl (C=O) groups excluding carboxylic acids is 2. The van der Waals surface area contributed by atoms with Gasteiger partial charge in [-0.15, -0.1) is 16.4 Å². The number of hydrogen-bond donors (Lipinski definition) is 0. The van der Waals surface area contributed by atoms with Crippen molar-refractivity contribution < 1.29 is 32.3 Å². The molecule has 0 bridgehead atoms. The van der Waals surface area contributed by atoms with Crippen LogP contribution in [-0.4, -0.2) is 47.7 Å². The van der Waals surface area contributed by atoms with Crippen LogP contribution in [0.2, 0.25) is 0 Å². The molecular formula is C26H32N2O7S2. The predicted octanol–water partition coefficient (Wildman–Crippen LogP) is 6.06. The molecule has 1 aromatic carbocycles. The topological polar surface area (TPSA) is 112 Å². The van der Waals surface area contributed by atoms with E-state index in [9.17, 15) is 18.0 Å². The maximum absolute atomic E-state index is 13.4. The summed E-state index contributed by atoms with van der Waals surface area (Å²) in [6, 6.07) is 10.9. The lowest BCUT2D eigenvalue weighted by Gasteiger charge is -2.32. The van der Waals surface area contributed by atoms with Crippen LogP contribution in [0, 0.1) is 0 Å². The molecule has 9 nitrogen and oxygen atoms in total. The first-order valence-electron chi connectivity index (χ1n) is 11.6. The first kappa shape index (κ1) is 28.4. The van der Waals surface area contributed by atoms with Crippen LogP contribution in [0.15, 0.2) is 54.0 Å². The van der Waals surface area contributed by atoms with Crippen molar-refractivity contribution in [3.63, 3.8) is 0 Å². The minimum absolute atomic E-state index is 0.316. The second-order valence-electron chi connectivity index (χ2n) is 10.5.